The van der Waals surface area contributed by atoms with Crippen molar-refractivity contribution in [2.45, 2.75) is 32.9 Å². The lowest BCUT2D eigenvalue weighted by Gasteiger charge is -2.39. The summed E-state index contributed by atoms with van der Waals surface area (Å²) in [7, 11) is -3.40. The van der Waals surface area contributed by atoms with Crippen molar-refractivity contribution in [3.63, 3.8) is 0 Å². The van der Waals surface area contributed by atoms with E-state index in [2.05, 4.69) is 0 Å². The highest BCUT2D eigenvalue weighted by Gasteiger charge is 2.35. The summed E-state index contributed by atoms with van der Waals surface area (Å²) >= 11 is 0. The largest absolute Gasteiger partial charge is 0.465 e. The molecule has 1 rings (SSSR count). The summed E-state index contributed by atoms with van der Waals surface area (Å²) in [4.78, 5) is 26.2. The number of carbonyl (C=O) groups is 2. The van der Waals surface area contributed by atoms with Crippen LogP contribution < -0.4 is 5.73 Å². The van der Waals surface area contributed by atoms with Crippen LogP contribution in [0.3, 0.4) is 0 Å². The monoisotopic (exact) mass is 351 g/mol. The van der Waals surface area contributed by atoms with Crippen LogP contribution in [0.15, 0.2) is 0 Å². The number of hydrogen-bond donors (Lipinski definition) is 2. The number of hydrogen-bond acceptors (Lipinski definition) is 6. The van der Waals surface area contributed by atoms with Crippen LogP contribution in [0.25, 0.3) is 0 Å². The molecule has 1 aliphatic heterocycles. The first-order chi connectivity index (χ1) is 10.7. The summed E-state index contributed by atoms with van der Waals surface area (Å²) < 4.78 is 22.7. The van der Waals surface area contributed by atoms with Crippen LogP contribution in [0.1, 0.15) is 20.8 Å². The van der Waals surface area contributed by atoms with E-state index < -0.39 is 19.7 Å². The van der Waals surface area contributed by atoms with E-state index in [1.54, 1.807) is 20.8 Å². The maximum Gasteiger partial charge on any atom is 0.407 e. The van der Waals surface area contributed by atoms with Gasteiger partial charge in [-0.1, -0.05) is 0 Å². The second kappa shape index (κ2) is 8.63. The molecule has 23 heavy (non-hydrogen) atoms. The second-order valence-corrected chi connectivity index (χ2v) is 7.45. The summed E-state index contributed by atoms with van der Waals surface area (Å²) in [5, 5.41) is 9.04. The number of nitrogens with zero attached hydrogens (tertiary/aromatic N) is 2. The van der Waals surface area contributed by atoms with Crippen LogP contribution in [-0.4, -0.2) is 78.0 Å². The molecule has 2 atom stereocenters. The van der Waals surface area contributed by atoms with E-state index in [1.165, 1.54) is 9.80 Å². The number of carboxylic acid groups (broad SMARTS) is 1. The van der Waals surface area contributed by atoms with Crippen LogP contribution in [0.4, 0.5) is 4.79 Å². The maximum absolute atomic E-state index is 12.4. The van der Waals surface area contributed by atoms with Gasteiger partial charge in [0.05, 0.1) is 25.4 Å². The van der Waals surface area contributed by atoms with Crippen LogP contribution in [0.2, 0.25) is 0 Å². The number of piperazine rings is 1. The van der Waals surface area contributed by atoms with Crippen molar-refractivity contribution in [1.29, 1.82) is 0 Å². The Morgan fingerprint density at radius 2 is 1.87 bits per heavy atom. The first-order valence-corrected chi connectivity index (χ1v) is 9.39. The van der Waals surface area contributed by atoms with Crippen molar-refractivity contribution in [3.8, 4) is 0 Å². The van der Waals surface area contributed by atoms with Gasteiger partial charge in [-0.05, 0) is 20.8 Å². The maximum atomic E-state index is 12.4. The zero-order chi connectivity index (χ0) is 17.6. The van der Waals surface area contributed by atoms with Crippen molar-refractivity contribution in [1.82, 2.24) is 9.80 Å². The van der Waals surface area contributed by atoms with E-state index in [4.69, 9.17) is 19.9 Å². The molecule has 0 aromatic rings. The molecule has 3 N–H and O–H groups in total. The average Bonchev–Trinajstić information content (AvgIpc) is 2.46. The van der Waals surface area contributed by atoms with Crippen LogP contribution in [0, 0.1) is 0 Å². The van der Waals surface area contributed by atoms with E-state index >= 15 is 0 Å². The van der Waals surface area contributed by atoms with Crippen molar-refractivity contribution in [2.24, 2.45) is 5.73 Å². The summed E-state index contributed by atoms with van der Waals surface area (Å²) in [6, 6.07) is -1.33. The first kappa shape index (κ1) is 19.9. The minimum Gasteiger partial charge on any atom is -0.465 e. The zero-order valence-corrected chi connectivity index (χ0v) is 14.7. The van der Waals surface area contributed by atoms with Gasteiger partial charge < -0.3 is 29.7 Å². The summed E-state index contributed by atoms with van der Waals surface area (Å²) in [5.41, 5.74) is 5.88. The molecule has 0 spiro atoms. The normalized spacial score (nSPS) is 20.4. The summed E-state index contributed by atoms with van der Waals surface area (Å²) in [6.07, 6.45) is -1.20. The predicted octanol–water partition coefficient (Wildman–Crippen LogP) is 0.791. The van der Waals surface area contributed by atoms with E-state index in [9.17, 15) is 14.2 Å². The van der Waals surface area contributed by atoms with E-state index in [0.717, 1.165) is 0 Å². The lowest BCUT2D eigenvalue weighted by Crippen LogP contribution is -2.58. The van der Waals surface area contributed by atoms with Crippen LogP contribution in [-0.2, 0) is 18.4 Å². The molecule has 0 aromatic carbocycles. The van der Waals surface area contributed by atoms with Gasteiger partial charge >= 0.3 is 13.7 Å². The molecular formula is C13H26N3O6P. The molecule has 1 heterocycles. The van der Waals surface area contributed by atoms with Crippen molar-refractivity contribution in [2.75, 3.05) is 39.0 Å². The van der Waals surface area contributed by atoms with Gasteiger partial charge in [0.2, 0.25) is 5.91 Å². The lowest BCUT2D eigenvalue weighted by molar-refractivity contribution is -0.134. The molecule has 0 aliphatic carbocycles. The van der Waals surface area contributed by atoms with Crippen molar-refractivity contribution in [3.05, 3.63) is 0 Å². The quantitative estimate of drug-likeness (QED) is 0.650. The fourth-order valence-corrected chi connectivity index (χ4v) is 4.24. The van der Waals surface area contributed by atoms with Gasteiger partial charge in [0.1, 0.15) is 0 Å². The Morgan fingerprint density at radius 3 is 2.30 bits per heavy atom. The molecule has 134 valence electrons. The van der Waals surface area contributed by atoms with Gasteiger partial charge in [-0.3, -0.25) is 9.36 Å². The average molecular weight is 351 g/mol. The number of amides is 2. The number of nitrogens with two attached hydrogens (primary N) is 1. The van der Waals surface area contributed by atoms with Gasteiger partial charge in [0, 0.05) is 25.7 Å². The molecule has 1 fully saturated rings. The Bertz CT molecular complexity index is 465. The molecular weight excluding hydrogens is 325 g/mol. The molecule has 0 radical (unpaired) electrons. The van der Waals surface area contributed by atoms with E-state index in [1.807, 2.05) is 0 Å². The van der Waals surface area contributed by atoms with E-state index in [0.29, 0.717) is 0 Å². The summed E-state index contributed by atoms with van der Waals surface area (Å²) in [6.45, 7) is 6.24. The molecule has 10 heteroatoms. The Balaban J connectivity index is 2.66. The van der Waals surface area contributed by atoms with Gasteiger partial charge in [-0.2, -0.15) is 0 Å². The molecule has 0 aromatic heterocycles. The molecule has 1 aliphatic rings. The molecule has 0 saturated carbocycles. The van der Waals surface area contributed by atoms with Gasteiger partial charge in [0.25, 0.3) is 0 Å². The summed E-state index contributed by atoms with van der Waals surface area (Å²) in [5.74, 6) is -0.374. The highest BCUT2D eigenvalue weighted by Crippen LogP contribution is 2.48. The third kappa shape index (κ3) is 5.46. The first-order valence-electron chi connectivity index (χ1n) is 7.66. The van der Waals surface area contributed by atoms with Gasteiger partial charge in [0.15, 0.2) is 0 Å². The minimum atomic E-state index is -3.40. The van der Waals surface area contributed by atoms with Gasteiger partial charge in [-0.15, -0.1) is 0 Å². The van der Waals surface area contributed by atoms with Crippen LogP contribution in [0.5, 0.6) is 0 Å². The van der Waals surface area contributed by atoms with Crippen LogP contribution >= 0.6 is 7.60 Å². The minimum absolute atomic E-state index is 0.193. The Hall–Kier alpha value is -1.15. The molecule has 1 saturated heterocycles. The molecule has 0 bridgehead atoms. The fourth-order valence-electron chi connectivity index (χ4n) is 2.53. The van der Waals surface area contributed by atoms with Crippen molar-refractivity contribution < 1.29 is 28.3 Å². The molecule has 1 unspecified atom stereocenters. The Morgan fingerprint density at radius 1 is 1.30 bits per heavy atom. The predicted molar refractivity (Wildman–Crippen MR) is 84.5 cm³/mol. The molecule has 9 nitrogen and oxygen atoms in total. The molecule has 2 amide bonds. The van der Waals surface area contributed by atoms with Crippen molar-refractivity contribution >= 4 is 19.6 Å². The Labute approximate surface area is 136 Å². The fraction of sp³-hybridized carbons (Fsp3) is 0.846. The third-order valence-electron chi connectivity index (χ3n) is 3.57. The third-order valence-corrected chi connectivity index (χ3v) is 5.72. The smallest absolute Gasteiger partial charge is 0.407 e. The zero-order valence-electron chi connectivity index (χ0n) is 13.8. The highest BCUT2D eigenvalue weighted by molar-refractivity contribution is 7.53. The topological polar surface area (TPSA) is 122 Å². The lowest BCUT2D eigenvalue weighted by atomic mass is 10.2. The van der Waals surface area contributed by atoms with E-state index in [-0.39, 0.29) is 51.0 Å². The van der Waals surface area contributed by atoms with Gasteiger partial charge in [-0.25, -0.2) is 4.79 Å². The SMILES string of the molecule is CCOP(=O)(C[C@H](N)C(=O)N1CCN(C(=O)O)C(C)C1)OCC. The highest BCUT2D eigenvalue weighted by atomic mass is 31.2. The number of rotatable bonds is 7. The standard InChI is InChI=1S/C13H26N3O6P/c1-4-21-23(20,22-5-2)9-11(14)12(17)15-6-7-16(13(18)19)10(3)8-15/h10-11H,4-9,14H2,1-3H3,(H,18,19)/t10?,11-/m0/s1. The second-order valence-electron chi connectivity index (χ2n) is 5.34. The Kier molecular flexibility index (Phi) is 7.47. The number of carbonyl (C=O) groups excluding carboxylic acids is 1.